The minimum Gasteiger partial charge on any atom is -0.316 e. The summed E-state index contributed by atoms with van der Waals surface area (Å²) in [4.78, 5) is 3.80. The van der Waals surface area contributed by atoms with Crippen molar-refractivity contribution in [1.82, 2.24) is 10.3 Å². The van der Waals surface area contributed by atoms with Gasteiger partial charge in [-0.05, 0) is 19.0 Å². The van der Waals surface area contributed by atoms with Gasteiger partial charge in [-0.15, -0.1) is 11.8 Å². The van der Waals surface area contributed by atoms with Crippen LogP contribution in [-0.2, 0) is 6.18 Å². The molecule has 2 nitrogen and oxygen atoms in total. The van der Waals surface area contributed by atoms with E-state index in [0.29, 0.717) is 5.03 Å². The van der Waals surface area contributed by atoms with Crippen LogP contribution in [-0.4, -0.2) is 23.3 Å². The fourth-order valence-electron chi connectivity index (χ4n) is 1.38. The molecule has 108 valence electrons. The van der Waals surface area contributed by atoms with Crippen LogP contribution in [0.2, 0.25) is 5.02 Å². The molecule has 0 saturated carbocycles. The monoisotopic (exact) mass is 312 g/mol. The minimum absolute atomic E-state index is 0.0437. The van der Waals surface area contributed by atoms with E-state index >= 15 is 0 Å². The van der Waals surface area contributed by atoms with Crippen LogP contribution in [0.15, 0.2) is 17.3 Å². The van der Waals surface area contributed by atoms with Crippen molar-refractivity contribution in [3.63, 3.8) is 0 Å². The molecule has 1 aromatic heterocycles. The lowest BCUT2D eigenvalue weighted by Gasteiger charge is -2.13. The molecule has 1 heterocycles. The molecule has 0 saturated heterocycles. The number of nitrogens with zero attached hydrogens (tertiary/aromatic N) is 1. The number of pyridine rings is 1. The zero-order chi connectivity index (χ0) is 14.5. The predicted molar refractivity (Wildman–Crippen MR) is 72.7 cm³/mol. The molecule has 0 aliphatic carbocycles. The molecule has 19 heavy (non-hydrogen) atoms. The number of hydrogen-bond donors (Lipinski definition) is 1. The smallest absolute Gasteiger partial charge is 0.316 e. The molecule has 1 atom stereocenters. The average Bonchev–Trinajstić information content (AvgIpc) is 2.31. The summed E-state index contributed by atoms with van der Waals surface area (Å²) in [6.07, 6.45) is -2.55. The van der Waals surface area contributed by atoms with E-state index in [9.17, 15) is 13.2 Å². The molecule has 0 aromatic carbocycles. The van der Waals surface area contributed by atoms with E-state index in [-0.39, 0.29) is 10.3 Å². The Balaban J connectivity index is 2.65. The maximum Gasteiger partial charge on any atom is 0.417 e. The second kappa shape index (κ2) is 7.36. The van der Waals surface area contributed by atoms with Crippen molar-refractivity contribution in [2.24, 2.45) is 0 Å². The molecule has 1 unspecified atom stereocenters. The number of nitrogens with one attached hydrogen (secondary N) is 1. The first kappa shape index (κ1) is 16.6. The highest BCUT2D eigenvalue weighted by Gasteiger charge is 2.31. The van der Waals surface area contributed by atoms with Gasteiger partial charge in [0.05, 0.1) is 10.6 Å². The Labute approximate surface area is 120 Å². The Kier molecular flexibility index (Phi) is 6.42. The normalized spacial score (nSPS) is 13.6. The third-order valence-electron chi connectivity index (χ3n) is 2.31. The molecule has 0 aliphatic rings. The third-order valence-corrected chi connectivity index (χ3v) is 3.82. The summed E-state index contributed by atoms with van der Waals surface area (Å²) in [5.74, 6) is 0. The third kappa shape index (κ3) is 5.58. The lowest BCUT2D eigenvalue weighted by atomic mass is 10.3. The van der Waals surface area contributed by atoms with Gasteiger partial charge < -0.3 is 5.32 Å². The van der Waals surface area contributed by atoms with Gasteiger partial charge in [0.1, 0.15) is 5.03 Å². The lowest BCUT2D eigenvalue weighted by molar-refractivity contribution is -0.137. The summed E-state index contributed by atoms with van der Waals surface area (Å²) >= 11 is 7.20. The van der Waals surface area contributed by atoms with Crippen LogP contribution in [0.1, 0.15) is 25.8 Å². The van der Waals surface area contributed by atoms with Crippen molar-refractivity contribution in [3.05, 3.63) is 22.8 Å². The highest BCUT2D eigenvalue weighted by Crippen LogP contribution is 2.34. The topological polar surface area (TPSA) is 24.9 Å². The second-order valence-corrected chi connectivity index (χ2v) is 5.98. The maximum absolute atomic E-state index is 12.5. The van der Waals surface area contributed by atoms with Crippen molar-refractivity contribution in [1.29, 1.82) is 0 Å². The molecular weight excluding hydrogens is 297 g/mol. The predicted octanol–water partition coefficient (Wildman–Crippen LogP) is 4.23. The van der Waals surface area contributed by atoms with E-state index in [1.165, 1.54) is 11.8 Å². The largest absolute Gasteiger partial charge is 0.417 e. The molecular formula is C12H16ClF3N2S. The molecule has 1 aromatic rings. The Morgan fingerprint density at radius 2 is 2.16 bits per heavy atom. The van der Waals surface area contributed by atoms with Crippen molar-refractivity contribution < 1.29 is 13.2 Å². The molecule has 0 fully saturated rings. The fourth-order valence-corrected chi connectivity index (χ4v) is 2.55. The standard InChI is InChI=1S/C12H16ClF3N2S/c1-3-4-17-6-8(2)19-11-10(13)5-9(7-18-11)12(14,15)16/h5,7-8,17H,3-4,6H2,1-2H3. The molecule has 0 radical (unpaired) electrons. The number of rotatable bonds is 6. The number of halogens is 4. The van der Waals surface area contributed by atoms with E-state index in [1.807, 2.05) is 6.92 Å². The van der Waals surface area contributed by atoms with Gasteiger partial charge >= 0.3 is 6.18 Å². The summed E-state index contributed by atoms with van der Waals surface area (Å²) in [7, 11) is 0. The fraction of sp³-hybridized carbons (Fsp3) is 0.583. The molecule has 0 bridgehead atoms. The summed E-state index contributed by atoms with van der Waals surface area (Å²) in [6.45, 7) is 5.72. The SMILES string of the molecule is CCCNCC(C)Sc1ncc(C(F)(F)F)cc1Cl. The minimum atomic E-state index is -4.41. The van der Waals surface area contributed by atoms with Crippen LogP contribution in [0.5, 0.6) is 0 Å². The average molecular weight is 313 g/mol. The van der Waals surface area contributed by atoms with Gasteiger partial charge in [0.25, 0.3) is 0 Å². The van der Waals surface area contributed by atoms with E-state index in [1.54, 1.807) is 0 Å². The summed E-state index contributed by atoms with van der Waals surface area (Å²) in [5, 5.41) is 3.90. The van der Waals surface area contributed by atoms with Crippen LogP contribution < -0.4 is 5.32 Å². The first-order chi connectivity index (χ1) is 8.84. The highest BCUT2D eigenvalue weighted by molar-refractivity contribution is 8.00. The zero-order valence-electron chi connectivity index (χ0n) is 10.7. The quantitative estimate of drug-likeness (QED) is 0.628. The highest BCUT2D eigenvalue weighted by atomic mass is 35.5. The molecule has 7 heteroatoms. The van der Waals surface area contributed by atoms with Gasteiger partial charge in [-0.25, -0.2) is 4.98 Å². The van der Waals surface area contributed by atoms with Gasteiger partial charge in [0.2, 0.25) is 0 Å². The van der Waals surface area contributed by atoms with Crippen LogP contribution >= 0.6 is 23.4 Å². The number of hydrogen-bond acceptors (Lipinski definition) is 3. The van der Waals surface area contributed by atoms with E-state index in [4.69, 9.17) is 11.6 Å². The van der Waals surface area contributed by atoms with Crippen LogP contribution in [0.25, 0.3) is 0 Å². The molecule has 1 N–H and O–H groups in total. The van der Waals surface area contributed by atoms with Gasteiger partial charge in [0, 0.05) is 18.0 Å². The first-order valence-electron chi connectivity index (χ1n) is 5.94. The zero-order valence-corrected chi connectivity index (χ0v) is 12.3. The second-order valence-electron chi connectivity index (χ2n) is 4.14. The van der Waals surface area contributed by atoms with E-state index < -0.39 is 11.7 Å². The van der Waals surface area contributed by atoms with E-state index in [2.05, 4.69) is 17.2 Å². The number of aromatic nitrogens is 1. The van der Waals surface area contributed by atoms with Crippen molar-refractivity contribution in [2.75, 3.05) is 13.1 Å². The van der Waals surface area contributed by atoms with Crippen molar-refractivity contribution >= 4 is 23.4 Å². The first-order valence-corrected chi connectivity index (χ1v) is 7.20. The Hall–Kier alpha value is -0.460. The number of alkyl halides is 3. The number of thioether (sulfide) groups is 1. The van der Waals surface area contributed by atoms with Crippen LogP contribution in [0.3, 0.4) is 0 Å². The Morgan fingerprint density at radius 3 is 2.68 bits per heavy atom. The van der Waals surface area contributed by atoms with Gasteiger partial charge in [-0.3, -0.25) is 0 Å². The van der Waals surface area contributed by atoms with E-state index in [0.717, 1.165) is 31.8 Å². The molecule has 0 spiro atoms. The van der Waals surface area contributed by atoms with Crippen molar-refractivity contribution in [2.45, 2.75) is 36.7 Å². The van der Waals surface area contributed by atoms with Crippen LogP contribution in [0, 0.1) is 0 Å². The van der Waals surface area contributed by atoms with Crippen molar-refractivity contribution in [3.8, 4) is 0 Å². The lowest BCUT2D eigenvalue weighted by Crippen LogP contribution is -2.23. The maximum atomic E-state index is 12.5. The summed E-state index contributed by atoms with van der Waals surface area (Å²) < 4.78 is 37.4. The summed E-state index contributed by atoms with van der Waals surface area (Å²) in [5.41, 5.74) is -0.821. The molecule has 0 amide bonds. The van der Waals surface area contributed by atoms with Gasteiger partial charge in [-0.2, -0.15) is 13.2 Å². The molecule has 1 rings (SSSR count). The Morgan fingerprint density at radius 1 is 1.47 bits per heavy atom. The van der Waals surface area contributed by atoms with Gasteiger partial charge in [-0.1, -0.05) is 25.4 Å². The Bertz CT molecular complexity index is 412. The van der Waals surface area contributed by atoms with Gasteiger partial charge in [0.15, 0.2) is 0 Å². The summed E-state index contributed by atoms with van der Waals surface area (Å²) in [6, 6.07) is 0.920. The van der Waals surface area contributed by atoms with Crippen LogP contribution in [0.4, 0.5) is 13.2 Å². The molecule has 0 aliphatic heterocycles.